The van der Waals surface area contributed by atoms with Gasteiger partial charge in [0.15, 0.2) is 0 Å². The van der Waals surface area contributed by atoms with E-state index in [4.69, 9.17) is 4.74 Å². The lowest BCUT2D eigenvalue weighted by Gasteiger charge is -2.35. The average Bonchev–Trinajstić information content (AvgIpc) is 2.61. The molecule has 0 bridgehead atoms. The molecule has 1 aliphatic heterocycles. The molecule has 0 radical (unpaired) electrons. The highest BCUT2D eigenvalue weighted by atomic mass is 79.9. The molecule has 1 aliphatic rings. The van der Waals surface area contributed by atoms with E-state index in [9.17, 15) is 4.79 Å². The number of benzene rings is 1. The molecular formula is C21H34BrN3O2. The second kappa shape index (κ2) is 9.78. The number of piperidine rings is 1. The van der Waals surface area contributed by atoms with Crippen LogP contribution in [-0.2, 0) is 5.41 Å². The van der Waals surface area contributed by atoms with E-state index in [1.54, 1.807) is 0 Å². The minimum Gasteiger partial charge on any atom is -0.492 e. The number of rotatable bonds is 6. The third-order valence-corrected chi connectivity index (χ3v) is 5.83. The molecule has 1 N–H and O–H groups in total. The molecule has 2 rings (SSSR count). The number of hydrogen-bond acceptors (Lipinski definition) is 3. The van der Waals surface area contributed by atoms with Crippen molar-refractivity contribution in [3.63, 3.8) is 0 Å². The molecule has 0 unspecified atom stereocenters. The SMILES string of the molecule is CN1CCC(N(C)C(=O)NCCCOc2ccc(C(C)(C)C)cc2Br)CC1. The average molecular weight is 440 g/mol. The quantitative estimate of drug-likeness (QED) is 0.673. The van der Waals surface area contributed by atoms with Crippen LogP contribution in [0.4, 0.5) is 4.79 Å². The Bertz CT molecular complexity index is 622. The van der Waals surface area contributed by atoms with Gasteiger partial charge in [0.25, 0.3) is 0 Å². The van der Waals surface area contributed by atoms with Crippen LogP contribution in [0.1, 0.15) is 45.6 Å². The lowest BCUT2D eigenvalue weighted by atomic mass is 9.87. The van der Waals surface area contributed by atoms with Gasteiger partial charge in [0.1, 0.15) is 5.75 Å². The molecule has 1 fully saturated rings. The fraction of sp³-hybridized carbons (Fsp3) is 0.667. The molecule has 0 aliphatic carbocycles. The summed E-state index contributed by atoms with van der Waals surface area (Å²) in [6.07, 6.45) is 2.87. The first-order valence-electron chi connectivity index (χ1n) is 9.80. The van der Waals surface area contributed by atoms with Crippen molar-refractivity contribution >= 4 is 22.0 Å². The maximum atomic E-state index is 12.3. The van der Waals surface area contributed by atoms with Gasteiger partial charge in [-0.2, -0.15) is 0 Å². The summed E-state index contributed by atoms with van der Waals surface area (Å²) in [5, 5.41) is 3.00. The second-order valence-electron chi connectivity index (χ2n) is 8.47. The molecule has 0 aromatic heterocycles. The van der Waals surface area contributed by atoms with Crippen LogP contribution in [0, 0.1) is 0 Å². The summed E-state index contributed by atoms with van der Waals surface area (Å²) >= 11 is 3.59. The minimum absolute atomic E-state index is 0.0141. The van der Waals surface area contributed by atoms with Gasteiger partial charge in [-0.15, -0.1) is 0 Å². The first kappa shape index (κ1) is 22.0. The van der Waals surface area contributed by atoms with Gasteiger partial charge in [0.2, 0.25) is 0 Å². The van der Waals surface area contributed by atoms with Gasteiger partial charge in [-0.1, -0.05) is 26.8 Å². The summed E-state index contributed by atoms with van der Waals surface area (Å²) in [7, 11) is 4.03. The lowest BCUT2D eigenvalue weighted by molar-refractivity contribution is 0.147. The molecule has 152 valence electrons. The molecule has 2 amide bonds. The molecule has 6 heteroatoms. The Labute approximate surface area is 172 Å². The van der Waals surface area contributed by atoms with Crippen LogP contribution in [-0.4, -0.2) is 62.2 Å². The third kappa shape index (κ3) is 6.68. The molecule has 0 atom stereocenters. The van der Waals surface area contributed by atoms with Crippen molar-refractivity contribution in [1.29, 1.82) is 0 Å². The van der Waals surface area contributed by atoms with Crippen molar-refractivity contribution in [2.45, 2.75) is 51.5 Å². The Kier molecular flexibility index (Phi) is 7.98. The monoisotopic (exact) mass is 439 g/mol. The van der Waals surface area contributed by atoms with Crippen LogP contribution in [0.15, 0.2) is 22.7 Å². The maximum Gasteiger partial charge on any atom is 0.317 e. The van der Waals surface area contributed by atoms with Crippen molar-refractivity contribution in [3.8, 4) is 5.75 Å². The van der Waals surface area contributed by atoms with E-state index in [1.165, 1.54) is 5.56 Å². The van der Waals surface area contributed by atoms with Gasteiger partial charge in [-0.25, -0.2) is 4.79 Å². The zero-order valence-electron chi connectivity index (χ0n) is 17.3. The summed E-state index contributed by atoms with van der Waals surface area (Å²) in [6.45, 7) is 9.89. The number of ether oxygens (including phenoxy) is 1. The van der Waals surface area contributed by atoms with E-state index in [2.05, 4.69) is 66.1 Å². The van der Waals surface area contributed by atoms with Gasteiger partial charge < -0.3 is 19.9 Å². The van der Waals surface area contributed by atoms with Crippen LogP contribution in [0.25, 0.3) is 0 Å². The molecule has 5 nitrogen and oxygen atoms in total. The van der Waals surface area contributed by atoms with Crippen molar-refractivity contribution in [1.82, 2.24) is 15.1 Å². The summed E-state index contributed by atoms with van der Waals surface area (Å²) < 4.78 is 6.83. The predicted octanol–water partition coefficient (Wildman–Crippen LogP) is 4.25. The van der Waals surface area contributed by atoms with Crippen LogP contribution in [0.3, 0.4) is 0 Å². The van der Waals surface area contributed by atoms with Crippen molar-refractivity contribution in [2.24, 2.45) is 0 Å². The Morgan fingerprint density at radius 2 is 2.00 bits per heavy atom. The summed E-state index contributed by atoms with van der Waals surface area (Å²) in [4.78, 5) is 16.5. The van der Waals surface area contributed by atoms with Gasteiger partial charge in [0.05, 0.1) is 11.1 Å². The summed E-state index contributed by atoms with van der Waals surface area (Å²) in [5.41, 5.74) is 1.39. The smallest absolute Gasteiger partial charge is 0.317 e. The molecular weight excluding hydrogens is 406 g/mol. The van der Waals surface area contributed by atoms with Crippen LogP contribution in [0.2, 0.25) is 0 Å². The zero-order chi connectivity index (χ0) is 20.0. The highest BCUT2D eigenvalue weighted by Crippen LogP contribution is 2.31. The van der Waals surface area contributed by atoms with Crippen molar-refractivity contribution < 1.29 is 9.53 Å². The normalized spacial score (nSPS) is 16.2. The largest absolute Gasteiger partial charge is 0.492 e. The van der Waals surface area contributed by atoms with Crippen molar-refractivity contribution in [3.05, 3.63) is 28.2 Å². The molecule has 1 aromatic rings. The fourth-order valence-corrected chi connectivity index (χ4v) is 3.70. The third-order valence-electron chi connectivity index (χ3n) is 5.21. The number of nitrogens with one attached hydrogen (secondary N) is 1. The highest BCUT2D eigenvalue weighted by Gasteiger charge is 2.23. The number of nitrogens with zero attached hydrogens (tertiary/aromatic N) is 2. The summed E-state index contributed by atoms with van der Waals surface area (Å²) in [5.74, 6) is 0.845. The molecule has 0 saturated carbocycles. The van der Waals surface area contributed by atoms with Gasteiger partial charge in [-0.05, 0) is 78.4 Å². The number of hydrogen-bond donors (Lipinski definition) is 1. The van der Waals surface area contributed by atoms with E-state index >= 15 is 0 Å². The van der Waals surface area contributed by atoms with E-state index < -0.39 is 0 Å². The molecule has 1 aromatic carbocycles. The first-order chi connectivity index (χ1) is 12.7. The number of likely N-dealkylation sites (tertiary alicyclic amines) is 1. The first-order valence-corrected chi connectivity index (χ1v) is 10.6. The van der Waals surface area contributed by atoms with Crippen LogP contribution in [0.5, 0.6) is 5.75 Å². The Morgan fingerprint density at radius 1 is 1.33 bits per heavy atom. The number of carbonyl (C=O) groups excluding carboxylic acids is 1. The molecule has 0 spiro atoms. The van der Waals surface area contributed by atoms with Crippen LogP contribution >= 0.6 is 15.9 Å². The van der Waals surface area contributed by atoms with Gasteiger partial charge in [-0.3, -0.25) is 0 Å². The lowest BCUT2D eigenvalue weighted by Crippen LogP contribution is -2.48. The highest BCUT2D eigenvalue weighted by molar-refractivity contribution is 9.10. The molecule has 1 saturated heterocycles. The van der Waals surface area contributed by atoms with E-state index in [-0.39, 0.29) is 11.4 Å². The Morgan fingerprint density at radius 3 is 2.59 bits per heavy atom. The minimum atomic E-state index is 0.0141. The number of amides is 2. The fourth-order valence-electron chi connectivity index (χ4n) is 3.21. The zero-order valence-corrected chi connectivity index (χ0v) is 18.9. The second-order valence-corrected chi connectivity index (χ2v) is 9.33. The van der Waals surface area contributed by atoms with E-state index in [1.807, 2.05) is 18.0 Å². The predicted molar refractivity (Wildman–Crippen MR) is 115 cm³/mol. The number of halogens is 1. The topological polar surface area (TPSA) is 44.8 Å². The van der Waals surface area contributed by atoms with Crippen molar-refractivity contribution in [2.75, 3.05) is 40.3 Å². The van der Waals surface area contributed by atoms with Gasteiger partial charge in [0, 0.05) is 19.6 Å². The Balaban J connectivity index is 1.69. The van der Waals surface area contributed by atoms with E-state index in [0.29, 0.717) is 19.2 Å². The van der Waals surface area contributed by atoms with E-state index in [0.717, 1.165) is 42.6 Å². The molecule has 27 heavy (non-hydrogen) atoms. The van der Waals surface area contributed by atoms with Crippen LogP contribution < -0.4 is 10.1 Å². The maximum absolute atomic E-state index is 12.3. The molecule has 1 heterocycles. The Hall–Kier alpha value is -1.27. The standard InChI is InChI=1S/C21H34BrN3O2/c1-21(2,3)16-7-8-19(18(22)15-16)27-14-6-11-23-20(26)25(5)17-9-12-24(4)13-10-17/h7-8,15,17H,6,9-14H2,1-5H3,(H,23,26). The number of carbonyl (C=O) groups is 1. The van der Waals surface area contributed by atoms with Gasteiger partial charge >= 0.3 is 6.03 Å². The number of urea groups is 1. The summed E-state index contributed by atoms with van der Waals surface area (Å²) in [6, 6.07) is 6.60.